The first-order chi connectivity index (χ1) is 6.59. The van der Waals surface area contributed by atoms with Gasteiger partial charge in [-0.05, 0) is 27.7 Å². The molecule has 0 fully saturated rings. The summed E-state index contributed by atoms with van der Waals surface area (Å²) in [5.41, 5.74) is 2.32. The second-order valence-electron chi connectivity index (χ2n) is 3.84. The number of imidazole rings is 1. The monoisotopic (exact) mass is 209 g/mol. The van der Waals surface area contributed by atoms with Gasteiger partial charge in [-0.15, -0.1) is 11.3 Å². The lowest BCUT2D eigenvalue weighted by atomic mass is 10.3. The maximum absolute atomic E-state index is 4.51. The molecule has 3 nitrogen and oxygen atoms in total. The van der Waals surface area contributed by atoms with Gasteiger partial charge in [0.2, 0.25) is 0 Å². The number of aryl methyl sites for hydroxylation is 2. The summed E-state index contributed by atoms with van der Waals surface area (Å²) in [4.78, 5) is 5.58. The van der Waals surface area contributed by atoms with Gasteiger partial charge in [0.25, 0.3) is 0 Å². The SMILES string of the molecule is Cc1nc2scc(C)n2c1NC(C)C. The lowest BCUT2D eigenvalue weighted by Gasteiger charge is -2.10. The van der Waals surface area contributed by atoms with Gasteiger partial charge < -0.3 is 5.32 Å². The quantitative estimate of drug-likeness (QED) is 0.824. The molecule has 2 heterocycles. The number of aromatic nitrogens is 2. The van der Waals surface area contributed by atoms with Gasteiger partial charge in [-0.25, -0.2) is 4.98 Å². The van der Waals surface area contributed by atoms with E-state index in [-0.39, 0.29) is 0 Å². The number of anilines is 1. The second kappa shape index (κ2) is 3.28. The predicted molar refractivity (Wildman–Crippen MR) is 61.3 cm³/mol. The Labute approximate surface area is 87.8 Å². The van der Waals surface area contributed by atoms with E-state index < -0.39 is 0 Å². The number of hydrogen-bond acceptors (Lipinski definition) is 3. The van der Waals surface area contributed by atoms with Gasteiger partial charge in [0.1, 0.15) is 5.82 Å². The minimum Gasteiger partial charge on any atom is -0.367 e. The average molecular weight is 209 g/mol. The van der Waals surface area contributed by atoms with Crippen LogP contribution in [0.4, 0.5) is 5.82 Å². The van der Waals surface area contributed by atoms with E-state index in [0.29, 0.717) is 6.04 Å². The van der Waals surface area contributed by atoms with Crippen molar-refractivity contribution in [2.75, 3.05) is 5.32 Å². The number of thiazole rings is 1. The Bertz CT molecular complexity index is 453. The first kappa shape index (κ1) is 9.52. The molecule has 0 amide bonds. The summed E-state index contributed by atoms with van der Waals surface area (Å²) < 4.78 is 2.18. The summed E-state index contributed by atoms with van der Waals surface area (Å²) in [6.07, 6.45) is 0. The van der Waals surface area contributed by atoms with Crippen LogP contribution in [0.25, 0.3) is 4.96 Å². The number of nitrogens with zero attached hydrogens (tertiary/aromatic N) is 2. The summed E-state index contributed by atoms with van der Waals surface area (Å²) in [6, 6.07) is 0.438. The summed E-state index contributed by atoms with van der Waals surface area (Å²) in [5, 5.41) is 5.56. The third-order valence-electron chi connectivity index (χ3n) is 2.13. The lowest BCUT2D eigenvalue weighted by molar-refractivity contribution is 0.879. The van der Waals surface area contributed by atoms with E-state index in [0.717, 1.165) is 16.5 Å². The van der Waals surface area contributed by atoms with E-state index in [1.54, 1.807) is 11.3 Å². The molecule has 2 rings (SSSR count). The molecular formula is C10H15N3S. The molecule has 14 heavy (non-hydrogen) atoms. The minimum atomic E-state index is 0.438. The van der Waals surface area contributed by atoms with E-state index in [1.807, 2.05) is 6.92 Å². The highest BCUT2D eigenvalue weighted by Gasteiger charge is 2.12. The molecule has 0 bridgehead atoms. The fourth-order valence-corrected chi connectivity index (χ4v) is 2.45. The average Bonchev–Trinajstić information content (AvgIpc) is 2.56. The van der Waals surface area contributed by atoms with Crippen LogP contribution in [0, 0.1) is 13.8 Å². The van der Waals surface area contributed by atoms with E-state index in [2.05, 4.69) is 40.9 Å². The molecule has 0 unspecified atom stereocenters. The minimum absolute atomic E-state index is 0.438. The predicted octanol–water partition coefficient (Wildman–Crippen LogP) is 2.83. The van der Waals surface area contributed by atoms with Gasteiger partial charge in [0.15, 0.2) is 4.96 Å². The van der Waals surface area contributed by atoms with Crippen molar-refractivity contribution in [3.63, 3.8) is 0 Å². The van der Waals surface area contributed by atoms with Crippen LogP contribution >= 0.6 is 11.3 Å². The molecule has 0 spiro atoms. The summed E-state index contributed by atoms with van der Waals surface area (Å²) in [5.74, 6) is 1.13. The topological polar surface area (TPSA) is 29.3 Å². The lowest BCUT2D eigenvalue weighted by Crippen LogP contribution is -2.12. The Morgan fingerprint density at radius 1 is 1.43 bits per heavy atom. The number of rotatable bonds is 2. The van der Waals surface area contributed by atoms with Crippen LogP contribution in [-0.2, 0) is 0 Å². The van der Waals surface area contributed by atoms with Crippen LogP contribution in [0.2, 0.25) is 0 Å². The Morgan fingerprint density at radius 2 is 2.14 bits per heavy atom. The highest BCUT2D eigenvalue weighted by molar-refractivity contribution is 7.15. The van der Waals surface area contributed by atoms with Gasteiger partial charge in [-0.3, -0.25) is 4.40 Å². The molecular weight excluding hydrogens is 194 g/mol. The van der Waals surface area contributed by atoms with Crippen LogP contribution in [-0.4, -0.2) is 15.4 Å². The largest absolute Gasteiger partial charge is 0.367 e. The van der Waals surface area contributed by atoms with Crippen molar-refractivity contribution >= 4 is 22.1 Å². The zero-order valence-corrected chi connectivity index (χ0v) is 9.77. The fraction of sp³-hybridized carbons (Fsp3) is 0.500. The highest BCUT2D eigenvalue weighted by Crippen LogP contribution is 2.24. The van der Waals surface area contributed by atoms with Crippen LogP contribution in [0.15, 0.2) is 5.38 Å². The molecule has 4 heteroatoms. The van der Waals surface area contributed by atoms with E-state index in [9.17, 15) is 0 Å². The number of fused-ring (bicyclic) bond motifs is 1. The van der Waals surface area contributed by atoms with Crippen molar-refractivity contribution in [3.8, 4) is 0 Å². The molecule has 0 atom stereocenters. The van der Waals surface area contributed by atoms with Gasteiger partial charge in [-0.1, -0.05) is 0 Å². The molecule has 0 aliphatic carbocycles. The van der Waals surface area contributed by atoms with Crippen molar-refractivity contribution in [3.05, 3.63) is 16.8 Å². The van der Waals surface area contributed by atoms with Crippen molar-refractivity contribution < 1.29 is 0 Å². The standard InChI is InChI=1S/C10H15N3S/c1-6(2)11-9-8(4)12-10-13(9)7(3)5-14-10/h5-6,11H,1-4H3. The zero-order valence-electron chi connectivity index (χ0n) is 8.96. The third-order valence-corrected chi connectivity index (χ3v) is 3.08. The van der Waals surface area contributed by atoms with Crippen molar-refractivity contribution in [1.29, 1.82) is 0 Å². The maximum Gasteiger partial charge on any atom is 0.195 e. The van der Waals surface area contributed by atoms with Gasteiger partial charge in [-0.2, -0.15) is 0 Å². The summed E-state index contributed by atoms with van der Waals surface area (Å²) in [6.45, 7) is 8.43. The fourth-order valence-electron chi connectivity index (χ4n) is 1.54. The molecule has 2 aromatic heterocycles. The Balaban J connectivity index is 2.59. The van der Waals surface area contributed by atoms with E-state index >= 15 is 0 Å². The molecule has 0 saturated heterocycles. The highest BCUT2D eigenvalue weighted by atomic mass is 32.1. The maximum atomic E-state index is 4.51. The van der Waals surface area contributed by atoms with Gasteiger partial charge in [0, 0.05) is 17.1 Å². The molecule has 76 valence electrons. The van der Waals surface area contributed by atoms with E-state index in [4.69, 9.17) is 0 Å². The molecule has 0 radical (unpaired) electrons. The van der Waals surface area contributed by atoms with Crippen LogP contribution in [0.1, 0.15) is 25.2 Å². The van der Waals surface area contributed by atoms with E-state index in [1.165, 1.54) is 5.69 Å². The Kier molecular flexibility index (Phi) is 2.23. The normalized spacial score (nSPS) is 11.5. The van der Waals surface area contributed by atoms with Gasteiger partial charge >= 0.3 is 0 Å². The molecule has 1 N–H and O–H groups in total. The first-order valence-electron chi connectivity index (χ1n) is 4.79. The van der Waals surface area contributed by atoms with Crippen molar-refractivity contribution in [2.24, 2.45) is 0 Å². The van der Waals surface area contributed by atoms with Crippen molar-refractivity contribution in [1.82, 2.24) is 9.38 Å². The Morgan fingerprint density at radius 3 is 2.79 bits per heavy atom. The molecule has 0 aromatic carbocycles. The zero-order chi connectivity index (χ0) is 10.3. The van der Waals surface area contributed by atoms with Crippen LogP contribution in [0.5, 0.6) is 0 Å². The molecule has 0 saturated carbocycles. The van der Waals surface area contributed by atoms with Crippen LogP contribution in [0.3, 0.4) is 0 Å². The molecule has 2 aromatic rings. The van der Waals surface area contributed by atoms with Gasteiger partial charge in [0.05, 0.1) is 5.69 Å². The summed E-state index contributed by atoms with van der Waals surface area (Å²) >= 11 is 1.69. The molecule has 0 aliphatic rings. The van der Waals surface area contributed by atoms with Crippen molar-refractivity contribution in [2.45, 2.75) is 33.7 Å². The molecule has 0 aliphatic heterocycles. The summed E-state index contributed by atoms with van der Waals surface area (Å²) in [7, 11) is 0. The second-order valence-corrected chi connectivity index (χ2v) is 4.68. The Hall–Kier alpha value is -1.03. The number of hydrogen-bond donors (Lipinski definition) is 1. The third kappa shape index (κ3) is 1.39. The number of nitrogens with one attached hydrogen (secondary N) is 1. The van der Waals surface area contributed by atoms with Crippen LogP contribution < -0.4 is 5.32 Å². The first-order valence-corrected chi connectivity index (χ1v) is 5.67. The smallest absolute Gasteiger partial charge is 0.195 e.